The second-order valence-electron chi connectivity index (χ2n) is 16.2. The number of rotatable bonds is 16. The molecule has 8 aromatic rings. The van der Waals surface area contributed by atoms with E-state index in [1.54, 1.807) is 130 Å². The predicted molar refractivity (Wildman–Crippen MR) is 294 cm³/mol. The van der Waals surface area contributed by atoms with Gasteiger partial charge in [0.05, 0.1) is 40.2 Å². The molecule has 0 heterocycles. The van der Waals surface area contributed by atoms with Gasteiger partial charge in [-0.15, -0.1) is 15.3 Å². The number of para-hydroxylation sites is 4. The number of hydrogen-bond acceptors (Lipinski definition) is 15. The molecule has 8 rings (SSSR count). The monoisotopic (exact) mass is 1240 g/mol. The van der Waals surface area contributed by atoms with Gasteiger partial charge in [0.25, 0.3) is 26.1 Å². The van der Waals surface area contributed by atoms with Crippen LogP contribution in [0, 0.1) is 0 Å². The molecule has 4 N–H and O–H groups in total. The number of benzene rings is 8. The number of anilines is 1. The summed E-state index contributed by atoms with van der Waals surface area (Å²) in [6, 6.07) is 36.0. The maximum atomic E-state index is 13.5. The van der Waals surface area contributed by atoms with Gasteiger partial charge in [-0.05, 0) is 109 Å². The molecule has 392 valence electrons. The number of aliphatic imine (C=N–C) groups is 1. The Morgan fingerprint density at radius 3 is 1.57 bits per heavy atom. The number of fused-ring (bicyclic) bond motifs is 2. The van der Waals surface area contributed by atoms with Crippen molar-refractivity contribution < 1.29 is 55.5 Å². The van der Waals surface area contributed by atoms with Crippen molar-refractivity contribution in [3.05, 3.63) is 166 Å². The second-order valence-corrected chi connectivity index (χ2v) is 19.7. The van der Waals surface area contributed by atoms with Crippen LogP contribution in [0.15, 0.2) is 169 Å². The Hall–Kier alpha value is -6.41. The van der Waals surface area contributed by atoms with Gasteiger partial charge in [-0.2, -0.15) is 21.9 Å². The van der Waals surface area contributed by atoms with Crippen LogP contribution in [0.1, 0.15) is 54.7 Å². The van der Waals surface area contributed by atoms with Crippen LogP contribution in [0.4, 0.5) is 34.1 Å². The average molecular weight is 1240 g/mol. The third kappa shape index (κ3) is 13.8. The number of halogens is 2. The number of phenolic OH excluding ortho intramolecular Hbond substituents is 1. The molecule has 0 fully saturated rings. The second kappa shape index (κ2) is 26.3. The molecule has 0 spiro atoms. The summed E-state index contributed by atoms with van der Waals surface area (Å²) in [7, 11) is -9.51. The van der Waals surface area contributed by atoms with Gasteiger partial charge in [-0.1, -0.05) is 128 Å². The van der Waals surface area contributed by atoms with E-state index in [9.17, 15) is 46.1 Å². The van der Waals surface area contributed by atoms with Gasteiger partial charge in [0.1, 0.15) is 44.0 Å². The predicted octanol–water partition coefficient (Wildman–Crippen LogP) is 12.3. The van der Waals surface area contributed by atoms with Gasteiger partial charge in [0, 0.05) is 10.8 Å². The zero-order valence-electron chi connectivity index (χ0n) is 41.6. The van der Waals surface area contributed by atoms with Crippen molar-refractivity contribution in [3.63, 3.8) is 0 Å². The summed E-state index contributed by atoms with van der Waals surface area (Å²) in [5.74, 6) is -1.78. The van der Waals surface area contributed by atoms with E-state index < -0.39 is 53.3 Å². The normalized spacial score (nSPS) is 11.9. The number of ether oxygens (including phenoxy) is 2. The maximum Gasteiger partial charge on any atom is 2.00 e. The third-order valence-electron chi connectivity index (χ3n) is 11.4. The summed E-state index contributed by atoms with van der Waals surface area (Å²) in [6.07, 6.45) is 0.706. The molecule has 0 aliphatic carbocycles. The third-order valence-corrected chi connectivity index (χ3v) is 14.1. The van der Waals surface area contributed by atoms with Crippen molar-refractivity contribution in [1.82, 2.24) is 0 Å². The molecule has 0 saturated carbocycles. The molecule has 8 aromatic carbocycles. The average Bonchev–Trinajstić information content (AvgIpc) is 3.38. The molecule has 0 saturated heterocycles. The van der Waals surface area contributed by atoms with Crippen LogP contribution in [0.2, 0.25) is 10.0 Å². The summed E-state index contributed by atoms with van der Waals surface area (Å²) in [5.41, 5.74) is 0.621. The van der Waals surface area contributed by atoms with Crippen LogP contribution in [-0.2, 0) is 33.1 Å². The van der Waals surface area contributed by atoms with Crippen LogP contribution in [0.3, 0.4) is 0 Å². The van der Waals surface area contributed by atoms with E-state index in [0.717, 1.165) is 0 Å². The molecule has 0 aromatic heterocycles. The zero-order valence-corrected chi connectivity index (χ0v) is 49.1. The van der Waals surface area contributed by atoms with E-state index in [1.165, 1.54) is 24.3 Å². The molecule has 0 radical (unpaired) electrons. The largest absolute Gasteiger partial charge is 2.00 e. The van der Waals surface area contributed by atoms with Crippen molar-refractivity contribution in [2.24, 2.45) is 25.4 Å². The first-order valence-corrected chi connectivity index (χ1v) is 26.8. The van der Waals surface area contributed by atoms with Gasteiger partial charge in [0.15, 0.2) is 5.75 Å². The van der Waals surface area contributed by atoms with Gasteiger partial charge in [0.2, 0.25) is 0 Å². The van der Waals surface area contributed by atoms with Crippen molar-refractivity contribution in [2.45, 2.75) is 50.3 Å². The fourth-order valence-electron chi connectivity index (χ4n) is 7.85. The number of azo groups is 2. The van der Waals surface area contributed by atoms with Gasteiger partial charge < -0.3 is 30.1 Å². The Bertz CT molecular complexity index is 3860. The number of phenols is 1. The number of amides is 1. The SMILES string of the molecule is CCOc1ccccc1N=C([O-])c1cc2ccccc2c(N=Nc2c(CC)ccc(Cl)c2S(=O)(=O)O)c1[O-].CCOc1ccccc1NC(=O)c1cc2ccccc2c(N=Nc2c(CC)ccc(Cl)c2S(=O)(=O)O)c1O.[Ba+2]. The minimum Gasteiger partial charge on any atom is -0.871 e. The molecule has 77 heavy (non-hydrogen) atoms. The molecule has 0 unspecified atom stereocenters. The summed E-state index contributed by atoms with van der Waals surface area (Å²) in [6.45, 7) is 7.91. The molecule has 23 heteroatoms. The minimum atomic E-state index is -4.76. The maximum absolute atomic E-state index is 13.5. The first kappa shape index (κ1) is 59.8. The first-order chi connectivity index (χ1) is 36.3. The fourth-order valence-corrected chi connectivity index (χ4v) is 10.2. The number of nitrogens with zero attached hydrogens (tertiary/aromatic N) is 5. The van der Waals surface area contributed by atoms with E-state index in [0.29, 0.717) is 75.9 Å². The standard InChI is InChI=1S/2C27H24ClN3O6S.Ba/c2*1-3-16-13-14-20(28)26(38(34,35)36)23(16)30-31-24-18-10-6-5-9-17(18)15-19(25(24)32)27(33)29-21-11-7-8-12-22(21)37-4-2;/h2*5-15,32H,3-4H2,1-2H3,(H,29,33)(H,34,35,36);/q;;+2/p-2. The number of carbonyl (C=O) groups excluding carboxylic acids is 1. The Kier molecular flexibility index (Phi) is 20.4. The molecular weight excluding hydrogens is 1200 g/mol. The Balaban J connectivity index is 0.000000246. The summed E-state index contributed by atoms with van der Waals surface area (Å²) in [4.78, 5) is 16.2. The van der Waals surface area contributed by atoms with Gasteiger partial charge >= 0.3 is 48.9 Å². The van der Waals surface area contributed by atoms with Gasteiger partial charge in [-0.25, -0.2) is 0 Å². The minimum absolute atomic E-state index is 0. The van der Waals surface area contributed by atoms with Crippen LogP contribution < -0.4 is 25.0 Å². The van der Waals surface area contributed by atoms with Crippen molar-refractivity contribution in [3.8, 4) is 23.0 Å². The van der Waals surface area contributed by atoms with Crippen LogP contribution >= 0.6 is 23.2 Å². The number of carbonyl (C=O) groups is 1. The van der Waals surface area contributed by atoms with E-state index >= 15 is 0 Å². The molecule has 0 aliphatic heterocycles. The molecule has 1 amide bonds. The van der Waals surface area contributed by atoms with E-state index in [2.05, 4.69) is 30.8 Å². The molecule has 18 nitrogen and oxygen atoms in total. The Morgan fingerprint density at radius 2 is 1.04 bits per heavy atom. The molecule has 0 aliphatic rings. The van der Waals surface area contributed by atoms with Gasteiger partial charge in [-0.3, -0.25) is 18.9 Å². The number of aromatic hydroxyl groups is 1. The summed E-state index contributed by atoms with van der Waals surface area (Å²) < 4.78 is 78.9. The van der Waals surface area contributed by atoms with Crippen molar-refractivity contribution in [1.29, 1.82) is 0 Å². The fraction of sp³-hybridized carbons (Fsp3) is 0.148. The van der Waals surface area contributed by atoms with Crippen molar-refractivity contribution in [2.75, 3.05) is 18.5 Å². The van der Waals surface area contributed by atoms with Crippen LogP contribution in [0.25, 0.3) is 21.5 Å². The zero-order chi connectivity index (χ0) is 54.9. The van der Waals surface area contributed by atoms with E-state index in [1.807, 2.05) is 6.92 Å². The topological polar surface area (TPSA) is 284 Å². The summed E-state index contributed by atoms with van der Waals surface area (Å²) in [5, 5.41) is 58.4. The first-order valence-electron chi connectivity index (χ1n) is 23.2. The summed E-state index contributed by atoms with van der Waals surface area (Å²) >= 11 is 12.1. The Morgan fingerprint density at radius 1 is 0.597 bits per heavy atom. The van der Waals surface area contributed by atoms with Crippen LogP contribution in [0.5, 0.6) is 23.0 Å². The molecule has 0 bridgehead atoms. The number of nitrogens with one attached hydrogen (secondary N) is 1. The smallest absolute Gasteiger partial charge is 0.871 e. The Labute approximate surface area is 493 Å². The van der Waals surface area contributed by atoms with E-state index in [4.69, 9.17) is 32.7 Å². The quantitative estimate of drug-likeness (QED) is 0.0231. The van der Waals surface area contributed by atoms with E-state index in [-0.39, 0.29) is 98.5 Å². The molecular formula is C54H46BaCl2N6O12S2. The number of aryl methyl sites for hydroxylation is 2. The van der Waals surface area contributed by atoms with Crippen LogP contribution in [-0.4, -0.2) is 105 Å². The number of hydrogen-bond donors (Lipinski definition) is 4. The van der Waals surface area contributed by atoms with Crippen molar-refractivity contribution >= 4 is 160 Å². The molecule has 0 atom stereocenters.